The molecule has 7 heteroatoms. The summed E-state index contributed by atoms with van der Waals surface area (Å²) in [4.78, 5) is 28.0. The van der Waals surface area contributed by atoms with E-state index >= 15 is 0 Å². The minimum Gasteiger partial charge on any atom is -0.338 e. The Balaban J connectivity index is 1.40. The number of urea groups is 1. The van der Waals surface area contributed by atoms with E-state index in [1.807, 2.05) is 24.3 Å². The number of hydrogen-bond donors (Lipinski definition) is 3. The number of nitrogens with one attached hydrogen (secondary N) is 3. The van der Waals surface area contributed by atoms with E-state index in [1.165, 1.54) is 19.3 Å². The number of para-hydroxylation sites is 2. The molecule has 1 aromatic carbocycles. The fraction of sp³-hybridized carbons (Fsp3) is 0.471. The Bertz CT molecular complexity index is 706. The van der Waals surface area contributed by atoms with Crippen molar-refractivity contribution in [2.24, 2.45) is 0 Å². The second-order valence-electron chi connectivity index (χ2n) is 6.12. The molecule has 1 aliphatic rings. The van der Waals surface area contributed by atoms with Gasteiger partial charge in [-0.3, -0.25) is 10.2 Å². The Labute approximate surface area is 140 Å². The molecule has 0 unspecified atom stereocenters. The minimum atomic E-state index is -0.192. The largest absolute Gasteiger partial charge is 0.338 e. The molecule has 3 rings (SSSR count). The molecule has 1 aromatic heterocycles. The van der Waals surface area contributed by atoms with Gasteiger partial charge < -0.3 is 10.6 Å². The topological polar surface area (TPSA) is 88.0 Å². The molecule has 1 aliphatic carbocycles. The Kier molecular flexibility index (Phi) is 5.30. The first kappa shape index (κ1) is 16.3. The SMILES string of the molecule is O=C(CCNC(=O)NC1CCCCC1)Nn1cnc2ccccc21. The van der Waals surface area contributed by atoms with Crippen molar-refractivity contribution >= 4 is 23.0 Å². The monoisotopic (exact) mass is 329 g/mol. The van der Waals surface area contributed by atoms with Crippen LogP contribution in [0.25, 0.3) is 11.0 Å². The van der Waals surface area contributed by atoms with Gasteiger partial charge in [0, 0.05) is 19.0 Å². The summed E-state index contributed by atoms with van der Waals surface area (Å²) in [7, 11) is 0. The Morgan fingerprint density at radius 3 is 2.79 bits per heavy atom. The lowest BCUT2D eigenvalue weighted by Gasteiger charge is -2.22. The molecule has 0 spiro atoms. The average Bonchev–Trinajstić information content (AvgIpc) is 2.99. The molecular formula is C17H23N5O2. The predicted octanol–water partition coefficient (Wildman–Crippen LogP) is 2.13. The van der Waals surface area contributed by atoms with E-state index in [2.05, 4.69) is 21.0 Å². The van der Waals surface area contributed by atoms with E-state index in [1.54, 1.807) is 11.0 Å². The molecule has 0 radical (unpaired) electrons. The Morgan fingerprint density at radius 2 is 1.96 bits per heavy atom. The molecule has 1 fully saturated rings. The fourth-order valence-electron chi connectivity index (χ4n) is 3.01. The van der Waals surface area contributed by atoms with E-state index in [0.717, 1.165) is 23.9 Å². The van der Waals surface area contributed by atoms with Gasteiger partial charge in [-0.2, -0.15) is 0 Å². The quantitative estimate of drug-likeness (QED) is 0.785. The minimum absolute atomic E-state index is 0.170. The van der Waals surface area contributed by atoms with E-state index in [-0.39, 0.29) is 24.4 Å². The summed E-state index contributed by atoms with van der Waals surface area (Å²) in [5.41, 5.74) is 4.43. The fourth-order valence-corrected chi connectivity index (χ4v) is 3.01. The highest BCUT2D eigenvalue weighted by Gasteiger charge is 2.15. The third-order valence-electron chi connectivity index (χ3n) is 4.28. The predicted molar refractivity (Wildman–Crippen MR) is 92.1 cm³/mol. The smallest absolute Gasteiger partial charge is 0.315 e. The van der Waals surface area contributed by atoms with Crippen LogP contribution in [0.3, 0.4) is 0 Å². The zero-order chi connectivity index (χ0) is 16.8. The van der Waals surface area contributed by atoms with Gasteiger partial charge in [-0.25, -0.2) is 14.5 Å². The van der Waals surface area contributed by atoms with Crippen LogP contribution in [-0.2, 0) is 4.79 Å². The van der Waals surface area contributed by atoms with Crippen molar-refractivity contribution in [1.29, 1.82) is 0 Å². The van der Waals surface area contributed by atoms with E-state index in [4.69, 9.17) is 0 Å². The lowest BCUT2D eigenvalue weighted by atomic mass is 9.96. The number of fused-ring (bicyclic) bond motifs is 1. The number of nitrogens with zero attached hydrogens (tertiary/aromatic N) is 2. The first-order valence-electron chi connectivity index (χ1n) is 8.49. The summed E-state index contributed by atoms with van der Waals surface area (Å²) in [5.74, 6) is -0.170. The van der Waals surface area contributed by atoms with Crippen molar-refractivity contribution in [1.82, 2.24) is 20.3 Å². The summed E-state index contributed by atoms with van der Waals surface area (Å²) >= 11 is 0. The van der Waals surface area contributed by atoms with Crippen molar-refractivity contribution in [2.75, 3.05) is 12.0 Å². The maximum Gasteiger partial charge on any atom is 0.315 e. The van der Waals surface area contributed by atoms with Crippen LogP contribution in [0.1, 0.15) is 38.5 Å². The first-order chi connectivity index (χ1) is 11.7. The summed E-state index contributed by atoms with van der Waals surface area (Å²) < 4.78 is 1.60. The maximum atomic E-state index is 12.0. The van der Waals surface area contributed by atoms with Crippen molar-refractivity contribution in [3.63, 3.8) is 0 Å². The molecule has 0 aliphatic heterocycles. The van der Waals surface area contributed by atoms with Crippen LogP contribution in [0.15, 0.2) is 30.6 Å². The van der Waals surface area contributed by atoms with Crippen LogP contribution in [0.2, 0.25) is 0 Å². The molecule has 1 saturated carbocycles. The second-order valence-corrected chi connectivity index (χ2v) is 6.12. The second kappa shape index (κ2) is 7.81. The van der Waals surface area contributed by atoms with Crippen LogP contribution in [0.5, 0.6) is 0 Å². The van der Waals surface area contributed by atoms with Gasteiger partial charge in [0.1, 0.15) is 6.33 Å². The van der Waals surface area contributed by atoms with Crippen molar-refractivity contribution in [3.05, 3.63) is 30.6 Å². The average molecular weight is 329 g/mol. The normalized spacial score (nSPS) is 15.2. The van der Waals surface area contributed by atoms with E-state index in [0.29, 0.717) is 6.54 Å². The van der Waals surface area contributed by atoms with Gasteiger partial charge in [-0.15, -0.1) is 0 Å². The summed E-state index contributed by atoms with van der Waals surface area (Å²) in [6, 6.07) is 7.64. The van der Waals surface area contributed by atoms with E-state index < -0.39 is 0 Å². The number of imidazole rings is 1. The van der Waals surface area contributed by atoms with Gasteiger partial charge >= 0.3 is 6.03 Å². The van der Waals surface area contributed by atoms with Crippen LogP contribution >= 0.6 is 0 Å². The molecule has 3 N–H and O–H groups in total. The Hall–Kier alpha value is -2.57. The summed E-state index contributed by atoms with van der Waals surface area (Å²) in [6.07, 6.45) is 7.47. The molecule has 7 nitrogen and oxygen atoms in total. The number of carbonyl (C=O) groups is 2. The highest BCUT2D eigenvalue weighted by atomic mass is 16.2. The van der Waals surface area contributed by atoms with Gasteiger partial charge in [0.2, 0.25) is 5.91 Å². The number of hydrogen-bond acceptors (Lipinski definition) is 3. The van der Waals surface area contributed by atoms with E-state index in [9.17, 15) is 9.59 Å². The number of carbonyl (C=O) groups excluding carboxylic acids is 2. The third kappa shape index (κ3) is 4.24. The van der Waals surface area contributed by atoms with Crippen LogP contribution in [0.4, 0.5) is 4.79 Å². The summed E-state index contributed by atoms with van der Waals surface area (Å²) in [6.45, 7) is 0.303. The van der Waals surface area contributed by atoms with Crippen molar-refractivity contribution in [2.45, 2.75) is 44.6 Å². The third-order valence-corrected chi connectivity index (χ3v) is 4.28. The highest BCUT2D eigenvalue weighted by molar-refractivity contribution is 5.87. The number of rotatable bonds is 5. The standard InChI is InChI=1S/C17H23N5O2/c23-16(21-22-12-19-14-8-4-5-9-15(14)22)10-11-18-17(24)20-13-6-2-1-3-7-13/h4-5,8-9,12-13H,1-3,6-7,10-11H2,(H,21,23)(H2,18,20,24). The van der Waals surface area contributed by atoms with Gasteiger partial charge in [0.05, 0.1) is 11.0 Å². The maximum absolute atomic E-state index is 12.0. The lowest BCUT2D eigenvalue weighted by molar-refractivity contribution is -0.116. The highest BCUT2D eigenvalue weighted by Crippen LogP contribution is 2.17. The van der Waals surface area contributed by atoms with Gasteiger partial charge in [0.25, 0.3) is 0 Å². The molecule has 1 heterocycles. The zero-order valence-electron chi connectivity index (χ0n) is 13.6. The van der Waals surface area contributed by atoms with Crippen LogP contribution in [-0.4, -0.2) is 34.2 Å². The Morgan fingerprint density at radius 1 is 1.17 bits per heavy atom. The number of aromatic nitrogens is 2. The van der Waals surface area contributed by atoms with Crippen LogP contribution < -0.4 is 16.1 Å². The number of benzene rings is 1. The van der Waals surface area contributed by atoms with Gasteiger partial charge in [-0.1, -0.05) is 31.4 Å². The lowest BCUT2D eigenvalue weighted by Crippen LogP contribution is -2.43. The first-order valence-corrected chi connectivity index (χ1v) is 8.49. The zero-order valence-corrected chi connectivity index (χ0v) is 13.6. The molecule has 3 amide bonds. The molecule has 0 atom stereocenters. The van der Waals surface area contributed by atoms with Crippen LogP contribution in [0, 0.1) is 0 Å². The van der Waals surface area contributed by atoms with Crippen molar-refractivity contribution < 1.29 is 9.59 Å². The van der Waals surface area contributed by atoms with Gasteiger partial charge in [0.15, 0.2) is 0 Å². The number of amides is 3. The van der Waals surface area contributed by atoms with Gasteiger partial charge in [-0.05, 0) is 25.0 Å². The molecule has 0 bridgehead atoms. The molecule has 0 saturated heterocycles. The molecule has 2 aromatic rings. The molecular weight excluding hydrogens is 306 g/mol. The molecule has 128 valence electrons. The van der Waals surface area contributed by atoms with Crippen molar-refractivity contribution in [3.8, 4) is 0 Å². The molecule has 24 heavy (non-hydrogen) atoms. The summed E-state index contributed by atoms with van der Waals surface area (Å²) in [5, 5.41) is 5.71.